The molecule has 4 nitrogen and oxygen atoms in total. The second-order valence-corrected chi connectivity index (χ2v) is 7.30. The molecule has 0 saturated carbocycles. The van der Waals surface area contributed by atoms with E-state index in [9.17, 15) is 4.79 Å². The lowest BCUT2D eigenvalue weighted by Gasteiger charge is -2.33. The Balaban J connectivity index is 1.55. The lowest BCUT2D eigenvalue weighted by molar-refractivity contribution is -0.125. The molecule has 1 saturated heterocycles. The van der Waals surface area contributed by atoms with Crippen molar-refractivity contribution in [2.24, 2.45) is 0 Å². The number of amides is 1. The van der Waals surface area contributed by atoms with Crippen LogP contribution in [-0.4, -0.2) is 37.0 Å². The van der Waals surface area contributed by atoms with Gasteiger partial charge in [-0.25, -0.2) is 0 Å². The minimum absolute atomic E-state index is 0.0193. The molecule has 0 aliphatic carbocycles. The monoisotopic (exact) mass is 392 g/mol. The smallest absolute Gasteiger partial charge is 0.234 e. The summed E-state index contributed by atoms with van der Waals surface area (Å²) in [6.07, 6.45) is -0.0465. The van der Waals surface area contributed by atoms with Gasteiger partial charge in [0.05, 0.1) is 25.3 Å². The van der Waals surface area contributed by atoms with E-state index in [1.807, 2.05) is 55.5 Å². The first-order chi connectivity index (χ1) is 12.5. The zero-order valence-corrected chi connectivity index (χ0v) is 16.1. The molecule has 0 aromatic heterocycles. The van der Waals surface area contributed by atoms with Gasteiger partial charge in [0.2, 0.25) is 5.91 Å². The van der Waals surface area contributed by atoms with E-state index >= 15 is 0 Å². The first-order valence-corrected chi connectivity index (χ1v) is 9.41. The third kappa shape index (κ3) is 4.98. The van der Waals surface area contributed by atoms with Crippen LogP contribution in [0, 0.1) is 0 Å². The zero-order chi connectivity index (χ0) is 18.5. The normalized spacial score (nSPS) is 19.1. The molecule has 0 bridgehead atoms. The van der Waals surface area contributed by atoms with E-state index in [2.05, 4.69) is 10.2 Å². The Bertz CT molecular complexity index is 752. The Morgan fingerprint density at radius 1 is 1.23 bits per heavy atom. The average molecular weight is 393 g/mol. The largest absolute Gasteiger partial charge is 0.371 e. The summed E-state index contributed by atoms with van der Waals surface area (Å²) in [7, 11) is 0. The summed E-state index contributed by atoms with van der Waals surface area (Å²) in [4.78, 5) is 14.5. The maximum absolute atomic E-state index is 12.4. The van der Waals surface area contributed by atoms with Gasteiger partial charge in [0.1, 0.15) is 0 Å². The predicted molar refractivity (Wildman–Crippen MR) is 105 cm³/mol. The van der Waals surface area contributed by atoms with E-state index in [-0.39, 0.29) is 18.1 Å². The molecule has 1 aliphatic rings. The first-order valence-electron chi connectivity index (χ1n) is 8.66. The molecule has 0 spiro atoms. The summed E-state index contributed by atoms with van der Waals surface area (Å²) < 4.78 is 5.85. The van der Waals surface area contributed by atoms with E-state index in [1.54, 1.807) is 0 Å². The number of rotatable bonds is 5. The van der Waals surface area contributed by atoms with Gasteiger partial charge in [-0.05, 0) is 36.2 Å². The van der Waals surface area contributed by atoms with Gasteiger partial charge >= 0.3 is 0 Å². The Morgan fingerprint density at radius 3 is 2.69 bits per heavy atom. The van der Waals surface area contributed by atoms with Gasteiger partial charge in [-0.1, -0.05) is 53.5 Å². The molecule has 2 aromatic rings. The Kier molecular flexibility index (Phi) is 6.54. The van der Waals surface area contributed by atoms with Crippen LogP contribution in [0.5, 0.6) is 0 Å². The van der Waals surface area contributed by atoms with Crippen LogP contribution >= 0.6 is 23.2 Å². The van der Waals surface area contributed by atoms with Crippen LogP contribution in [0.4, 0.5) is 0 Å². The van der Waals surface area contributed by atoms with Gasteiger partial charge in [0.25, 0.3) is 0 Å². The molecular formula is C20H22Cl2N2O2. The third-order valence-corrected chi connectivity index (χ3v) is 5.10. The summed E-state index contributed by atoms with van der Waals surface area (Å²) in [5, 5.41) is 4.39. The summed E-state index contributed by atoms with van der Waals surface area (Å²) in [5.74, 6) is -0.0193. The van der Waals surface area contributed by atoms with Gasteiger partial charge in [-0.3, -0.25) is 9.69 Å². The molecule has 1 amide bonds. The molecule has 1 fully saturated rings. The Morgan fingerprint density at radius 2 is 1.96 bits per heavy atom. The minimum atomic E-state index is -0.135. The van der Waals surface area contributed by atoms with Gasteiger partial charge < -0.3 is 10.1 Å². The summed E-state index contributed by atoms with van der Waals surface area (Å²) in [6.45, 7) is 4.28. The molecule has 3 rings (SSSR count). The highest BCUT2D eigenvalue weighted by atomic mass is 35.5. The van der Waals surface area contributed by atoms with Crippen molar-refractivity contribution >= 4 is 29.1 Å². The van der Waals surface area contributed by atoms with Gasteiger partial charge in [0, 0.05) is 23.1 Å². The Labute approximate surface area is 164 Å². The molecule has 26 heavy (non-hydrogen) atoms. The highest BCUT2D eigenvalue weighted by Crippen LogP contribution is 2.24. The van der Waals surface area contributed by atoms with Crippen molar-refractivity contribution in [3.05, 3.63) is 69.7 Å². The number of nitrogens with zero attached hydrogens (tertiary/aromatic N) is 1. The van der Waals surface area contributed by atoms with Gasteiger partial charge in [0.15, 0.2) is 0 Å². The lowest BCUT2D eigenvalue weighted by Crippen LogP contribution is -2.44. The number of benzene rings is 2. The molecule has 1 heterocycles. The molecule has 138 valence electrons. The number of morpholine rings is 1. The topological polar surface area (TPSA) is 41.6 Å². The fourth-order valence-corrected chi connectivity index (χ4v) is 3.54. The summed E-state index contributed by atoms with van der Waals surface area (Å²) in [5.41, 5.74) is 1.99. The lowest BCUT2D eigenvalue weighted by atomic mass is 10.1. The van der Waals surface area contributed by atoms with E-state index in [4.69, 9.17) is 27.9 Å². The van der Waals surface area contributed by atoms with Crippen LogP contribution in [-0.2, 0) is 9.53 Å². The van der Waals surface area contributed by atoms with Crippen molar-refractivity contribution in [2.75, 3.05) is 26.2 Å². The molecule has 1 N–H and O–H groups in total. The minimum Gasteiger partial charge on any atom is -0.371 e. The third-order valence-electron chi connectivity index (χ3n) is 4.51. The summed E-state index contributed by atoms with van der Waals surface area (Å²) in [6, 6.07) is 15.1. The van der Waals surface area contributed by atoms with Crippen molar-refractivity contribution in [1.82, 2.24) is 10.2 Å². The number of hydrogen-bond acceptors (Lipinski definition) is 3. The Hall–Kier alpha value is -1.59. The van der Waals surface area contributed by atoms with Crippen LogP contribution in [0.15, 0.2) is 48.5 Å². The molecule has 2 atom stereocenters. The van der Waals surface area contributed by atoms with Crippen LogP contribution in [0.1, 0.15) is 30.2 Å². The van der Waals surface area contributed by atoms with Crippen molar-refractivity contribution in [3.8, 4) is 0 Å². The summed E-state index contributed by atoms with van der Waals surface area (Å²) >= 11 is 12.1. The maximum Gasteiger partial charge on any atom is 0.234 e. The van der Waals surface area contributed by atoms with Crippen molar-refractivity contribution in [2.45, 2.75) is 19.1 Å². The second-order valence-electron chi connectivity index (χ2n) is 6.46. The SMILES string of the molecule is CC(NC(=O)CN1CCOC(c2ccc(Cl)cc2)C1)c1ccccc1Cl. The van der Waals surface area contributed by atoms with E-state index < -0.39 is 0 Å². The van der Waals surface area contributed by atoms with Crippen molar-refractivity contribution in [1.29, 1.82) is 0 Å². The number of hydrogen-bond donors (Lipinski definition) is 1. The zero-order valence-electron chi connectivity index (χ0n) is 14.6. The fourth-order valence-electron chi connectivity index (χ4n) is 3.12. The highest BCUT2D eigenvalue weighted by molar-refractivity contribution is 6.31. The molecule has 0 radical (unpaired) electrons. The van der Waals surface area contributed by atoms with E-state index in [0.717, 1.165) is 17.7 Å². The fraction of sp³-hybridized carbons (Fsp3) is 0.350. The van der Waals surface area contributed by atoms with Crippen LogP contribution in [0.3, 0.4) is 0 Å². The van der Waals surface area contributed by atoms with Gasteiger partial charge in [-0.2, -0.15) is 0 Å². The molecule has 2 aromatic carbocycles. The molecule has 2 unspecified atom stereocenters. The first kappa shape index (κ1) is 19.2. The second kappa shape index (κ2) is 8.87. The van der Waals surface area contributed by atoms with Gasteiger partial charge in [-0.15, -0.1) is 0 Å². The van der Waals surface area contributed by atoms with Crippen LogP contribution in [0.2, 0.25) is 10.0 Å². The maximum atomic E-state index is 12.4. The standard InChI is InChI=1S/C20H22Cl2N2O2/c1-14(17-4-2-3-5-18(17)22)23-20(25)13-24-10-11-26-19(12-24)15-6-8-16(21)9-7-15/h2-9,14,19H,10-13H2,1H3,(H,23,25). The number of carbonyl (C=O) groups is 1. The van der Waals surface area contributed by atoms with E-state index in [0.29, 0.717) is 29.7 Å². The predicted octanol–water partition coefficient (Wildman–Crippen LogP) is 4.24. The molecule has 6 heteroatoms. The van der Waals surface area contributed by atoms with Crippen molar-refractivity contribution in [3.63, 3.8) is 0 Å². The average Bonchev–Trinajstić information content (AvgIpc) is 2.62. The number of nitrogens with one attached hydrogen (secondary N) is 1. The van der Waals surface area contributed by atoms with Crippen LogP contribution < -0.4 is 5.32 Å². The molecular weight excluding hydrogens is 371 g/mol. The number of halogens is 2. The highest BCUT2D eigenvalue weighted by Gasteiger charge is 2.24. The molecule has 1 aliphatic heterocycles. The van der Waals surface area contributed by atoms with Crippen molar-refractivity contribution < 1.29 is 9.53 Å². The number of ether oxygens (including phenoxy) is 1. The number of carbonyl (C=O) groups excluding carboxylic acids is 1. The van der Waals surface area contributed by atoms with Crippen LogP contribution in [0.25, 0.3) is 0 Å². The van der Waals surface area contributed by atoms with E-state index in [1.165, 1.54) is 0 Å². The quantitative estimate of drug-likeness (QED) is 0.826.